The van der Waals surface area contributed by atoms with Gasteiger partial charge < -0.3 is 20.0 Å². The average molecular weight is 512 g/mol. The van der Waals surface area contributed by atoms with Gasteiger partial charge in [-0.05, 0) is 69.1 Å². The highest BCUT2D eigenvalue weighted by molar-refractivity contribution is 5.88. The number of anilines is 2. The molecule has 1 saturated carbocycles. The molecule has 36 heavy (non-hydrogen) atoms. The fourth-order valence-corrected chi connectivity index (χ4v) is 6.14. The second kappa shape index (κ2) is 10.1. The maximum atomic E-state index is 14.2. The molecule has 3 aliphatic rings. The quantitative estimate of drug-likeness (QED) is 0.583. The number of carbonyl (C=O) groups is 2. The van der Waals surface area contributed by atoms with E-state index in [0.717, 1.165) is 23.8 Å². The number of piperidine rings is 1. The van der Waals surface area contributed by atoms with Crippen LogP contribution in [0, 0.1) is 11.3 Å². The van der Waals surface area contributed by atoms with Crippen molar-refractivity contribution < 1.29 is 33.0 Å². The Labute approximate surface area is 209 Å². The summed E-state index contributed by atoms with van der Waals surface area (Å²) in [7, 11) is 0. The Morgan fingerprint density at radius 2 is 1.86 bits per heavy atom. The van der Waals surface area contributed by atoms with E-state index >= 15 is 0 Å². The lowest BCUT2D eigenvalue weighted by Crippen LogP contribution is -2.50. The number of aliphatic hydroxyl groups excluding tert-OH is 1. The van der Waals surface area contributed by atoms with Crippen molar-refractivity contribution in [2.75, 3.05) is 36.0 Å². The normalized spacial score (nSPS) is 27.2. The number of aliphatic hydroxyl groups is 1. The van der Waals surface area contributed by atoms with Crippen LogP contribution in [0.4, 0.5) is 29.3 Å². The van der Waals surface area contributed by atoms with Gasteiger partial charge in [-0.15, -0.1) is 0 Å². The summed E-state index contributed by atoms with van der Waals surface area (Å²) in [6, 6.07) is 3.79. The van der Waals surface area contributed by atoms with E-state index in [4.69, 9.17) is 0 Å². The molecular formula is C26H36F3N3O4. The van der Waals surface area contributed by atoms with Crippen molar-refractivity contribution in [2.24, 2.45) is 11.3 Å². The first-order chi connectivity index (χ1) is 16.9. The lowest BCUT2D eigenvalue weighted by Gasteiger charge is -2.42. The maximum Gasteiger partial charge on any atom is 0.418 e. The first-order valence-electron chi connectivity index (χ1n) is 12.9. The van der Waals surface area contributed by atoms with Crippen molar-refractivity contribution in [3.63, 3.8) is 0 Å². The van der Waals surface area contributed by atoms with Gasteiger partial charge in [0.2, 0.25) is 5.91 Å². The molecule has 1 atom stereocenters. The zero-order valence-corrected chi connectivity index (χ0v) is 20.9. The zero-order valence-electron chi connectivity index (χ0n) is 20.9. The van der Waals surface area contributed by atoms with Crippen LogP contribution in [-0.4, -0.2) is 65.4 Å². The van der Waals surface area contributed by atoms with Gasteiger partial charge in [-0.2, -0.15) is 13.2 Å². The monoisotopic (exact) mass is 511 g/mol. The number of likely N-dealkylation sites (tertiary alicyclic amines) is 1. The molecule has 2 saturated heterocycles. The summed E-state index contributed by atoms with van der Waals surface area (Å²) in [5.74, 6) is -0.0337. The third-order valence-electron chi connectivity index (χ3n) is 7.95. The molecule has 2 aliphatic heterocycles. The molecule has 2 N–H and O–H groups in total. The highest BCUT2D eigenvalue weighted by atomic mass is 19.4. The molecule has 4 rings (SSSR count). The lowest BCUT2D eigenvalue weighted by molar-refractivity contribution is -0.139. The molecule has 1 unspecified atom stereocenters. The first kappa shape index (κ1) is 26.6. The van der Waals surface area contributed by atoms with E-state index in [-0.39, 0.29) is 48.4 Å². The number of halogens is 3. The number of nitrogens with zero attached hydrogens (tertiary/aromatic N) is 3. The van der Waals surface area contributed by atoms with Crippen LogP contribution >= 0.6 is 0 Å². The molecule has 10 heteroatoms. The standard InChI is InChI=1S/C26H36F3N3O4/c1-17(2)15-32(24(35)36)19-6-9-22(21(14-19)26(27,28)29)30-12-3-10-25(16-30)11-13-31(23(25)34)18-4-7-20(33)8-5-18/h6,9,14,17-18,20,33H,3-5,7-8,10-13,15-16H2,1-2H3,(H,35,36)/t18-,20-,25?. The summed E-state index contributed by atoms with van der Waals surface area (Å²) < 4.78 is 42.6. The Morgan fingerprint density at radius 1 is 1.17 bits per heavy atom. The van der Waals surface area contributed by atoms with Gasteiger partial charge in [0, 0.05) is 43.6 Å². The zero-order chi connectivity index (χ0) is 26.3. The summed E-state index contributed by atoms with van der Waals surface area (Å²) in [6.45, 7) is 4.91. The van der Waals surface area contributed by atoms with Gasteiger partial charge in [-0.25, -0.2) is 4.79 Å². The topological polar surface area (TPSA) is 84.3 Å². The Bertz CT molecular complexity index is 978. The predicted octanol–water partition coefficient (Wildman–Crippen LogP) is 4.97. The van der Waals surface area contributed by atoms with E-state index < -0.39 is 23.2 Å². The van der Waals surface area contributed by atoms with Crippen molar-refractivity contribution in [3.8, 4) is 0 Å². The van der Waals surface area contributed by atoms with Gasteiger partial charge >= 0.3 is 12.3 Å². The van der Waals surface area contributed by atoms with Gasteiger partial charge in [-0.3, -0.25) is 9.69 Å². The molecule has 0 aromatic heterocycles. The summed E-state index contributed by atoms with van der Waals surface area (Å²) in [4.78, 5) is 29.8. The molecule has 1 spiro atoms. The molecule has 1 aromatic rings. The lowest BCUT2D eigenvalue weighted by atomic mass is 9.78. The van der Waals surface area contributed by atoms with Gasteiger partial charge in [0.25, 0.3) is 0 Å². The Kier molecular flexibility index (Phi) is 7.46. The molecular weight excluding hydrogens is 475 g/mol. The predicted molar refractivity (Wildman–Crippen MR) is 130 cm³/mol. The number of alkyl halides is 3. The SMILES string of the molecule is CC(C)CN(C(=O)O)c1ccc(N2CCCC3(CCN([C@H]4CC[C@H](O)CC4)C3=O)C2)c(C(F)(F)F)c1. The van der Waals surface area contributed by atoms with E-state index in [1.807, 2.05) is 4.90 Å². The molecule has 7 nitrogen and oxygen atoms in total. The van der Waals surface area contributed by atoms with E-state index in [9.17, 15) is 33.0 Å². The molecule has 0 bridgehead atoms. The minimum atomic E-state index is -4.67. The number of amides is 2. The largest absolute Gasteiger partial charge is 0.465 e. The van der Waals surface area contributed by atoms with E-state index in [2.05, 4.69) is 0 Å². The first-order valence-corrected chi connectivity index (χ1v) is 12.9. The van der Waals surface area contributed by atoms with Crippen molar-refractivity contribution in [1.82, 2.24) is 4.90 Å². The highest BCUT2D eigenvalue weighted by Gasteiger charge is 2.51. The number of carbonyl (C=O) groups excluding carboxylic acids is 1. The Balaban J connectivity index is 1.60. The summed E-state index contributed by atoms with van der Waals surface area (Å²) >= 11 is 0. The van der Waals surface area contributed by atoms with Crippen LogP contribution in [0.5, 0.6) is 0 Å². The molecule has 2 amide bonds. The third kappa shape index (κ3) is 5.28. The van der Waals surface area contributed by atoms with Crippen molar-refractivity contribution in [3.05, 3.63) is 23.8 Å². The minimum absolute atomic E-state index is 0.00718. The fraction of sp³-hybridized carbons (Fsp3) is 0.692. The number of rotatable bonds is 5. The maximum absolute atomic E-state index is 14.2. The van der Waals surface area contributed by atoms with Crippen molar-refractivity contribution in [1.29, 1.82) is 0 Å². The van der Waals surface area contributed by atoms with Crippen molar-refractivity contribution in [2.45, 2.75) is 77.1 Å². The van der Waals surface area contributed by atoms with E-state index in [1.165, 1.54) is 12.1 Å². The fourth-order valence-electron chi connectivity index (χ4n) is 6.14. The second-order valence-corrected chi connectivity index (χ2v) is 11.0. The van der Waals surface area contributed by atoms with Gasteiger partial charge in [0.1, 0.15) is 0 Å². The van der Waals surface area contributed by atoms with Crippen LogP contribution in [0.15, 0.2) is 18.2 Å². The Morgan fingerprint density at radius 3 is 2.47 bits per heavy atom. The Hall–Kier alpha value is -2.49. The molecule has 1 aromatic carbocycles. The summed E-state index contributed by atoms with van der Waals surface area (Å²) in [5.41, 5.74) is -1.61. The molecule has 200 valence electrons. The smallest absolute Gasteiger partial charge is 0.418 e. The molecule has 1 aliphatic carbocycles. The third-order valence-corrected chi connectivity index (χ3v) is 7.95. The highest BCUT2D eigenvalue weighted by Crippen LogP contribution is 2.46. The molecule has 2 heterocycles. The number of hydrogen-bond acceptors (Lipinski definition) is 4. The molecule has 0 radical (unpaired) electrons. The van der Waals surface area contributed by atoms with Gasteiger partial charge in [0.15, 0.2) is 0 Å². The van der Waals surface area contributed by atoms with Crippen LogP contribution in [0.1, 0.15) is 64.4 Å². The van der Waals surface area contributed by atoms with Crippen molar-refractivity contribution >= 4 is 23.4 Å². The second-order valence-electron chi connectivity index (χ2n) is 11.0. The van der Waals surface area contributed by atoms with Crippen LogP contribution in [0.25, 0.3) is 0 Å². The number of hydrogen-bond donors (Lipinski definition) is 2. The minimum Gasteiger partial charge on any atom is -0.465 e. The van der Waals surface area contributed by atoms with Crippen LogP contribution < -0.4 is 9.80 Å². The average Bonchev–Trinajstić information content (AvgIpc) is 3.12. The van der Waals surface area contributed by atoms with Crippen LogP contribution in [0.2, 0.25) is 0 Å². The molecule has 3 fully saturated rings. The van der Waals surface area contributed by atoms with Gasteiger partial charge in [-0.1, -0.05) is 13.8 Å². The van der Waals surface area contributed by atoms with Crippen LogP contribution in [0.3, 0.4) is 0 Å². The van der Waals surface area contributed by atoms with Crippen LogP contribution in [-0.2, 0) is 11.0 Å². The summed E-state index contributed by atoms with van der Waals surface area (Å²) in [6.07, 6.45) is -1.59. The van der Waals surface area contributed by atoms with E-state index in [0.29, 0.717) is 45.2 Å². The number of benzene rings is 1. The number of carboxylic acid groups (broad SMARTS) is 1. The summed E-state index contributed by atoms with van der Waals surface area (Å²) in [5, 5.41) is 19.4. The van der Waals surface area contributed by atoms with Gasteiger partial charge in [0.05, 0.1) is 17.1 Å². The van der Waals surface area contributed by atoms with E-state index in [1.54, 1.807) is 18.7 Å².